The fraction of sp³-hybridized carbons (Fsp3) is 0.278. The molecule has 0 amide bonds. The Balaban J connectivity index is 1.77. The second kappa shape index (κ2) is 6.26. The van der Waals surface area contributed by atoms with Gasteiger partial charge < -0.3 is 14.7 Å². The van der Waals surface area contributed by atoms with E-state index in [9.17, 15) is 18.3 Å². The Hall–Kier alpha value is -3.10. The van der Waals surface area contributed by atoms with Gasteiger partial charge in [0.15, 0.2) is 0 Å². The van der Waals surface area contributed by atoms with E-state index in [0.717, 1.165) is 12.3 Å². The van der Waals surface area contributed by atoms with Gasteiger partial charge in [-0.05, 0) is 29.8 Å². The first-order valence-corrected chi connectivity index (χ1v) is 8.20. The van der Waals surface area contributed by atoms with Crippen molar-refractivity contribution in [3.8, 4) is 11.8 Å². The van der Waals surface area contributed by atoms with Gasteiger partial charge in [-0.3, -0.25) is 4.98 Å². The number of anilines is 1. The van der Waals surface area contributed by atoms with Gasteiger partial charge in [-0.1, -0.05) is 0 Å². The van der Waals surface area contributed by atoms with Crippen LogP contribution in [0.4, 0.5) is 19.0 Å². The number of halogens is 3. The summed E-state index contributed by atoms with van der Waals surface area (Å²) in [7, 11) is 1.53. The van der Waals surface area contributed by atoms with Gasteiger partial charge in [0.2, 0.25) is 0 Å². The molecular formula is C18H15F3N4O2. The zero-order valence-corrected chi connectivity index (χ0v) is 14.3. The van der Waals surface area contributed by atoms with Crippen molar-refractivity contribution < 1.29 is 23.0 Å². The quantitative estimate of drug-likeness (QED) is 0.740. The first-order valence-electron chi connectivity index (χ1n) is 8.20. The molecule has 9 heteroatoms. The molecule has 2 aromatic heterocycles. The summed E-state index contributed by atoms with van der Waals surface area (Å²) < 4.78 is 44.2. The summed E-state index contributed by atoms with van der Waals surface area (Å²) in [6.45, 7) is 0.711. The Morgan fingerprint density at radius 1 is 1.19 bits per heavy atom. The van der Waals surface area contributed by atoms with Crippen LogP contribution in [0.15, 0.2) is 30.5 Å². The molecular weight excluding hydrogens is 361 g/mol. The van der Waals surface area contributed by atoms with Gasteiger partial charge in [0, 0.05) is 36.8 Å². The number of pyridine rings is 1. The standard InChI is InChI=1S/C18H15F3N4O2/c1-27-12-2-3-15-13(7-12)16(24-17(26)23-15)25-5-4-14-10(9-25)6-11(8-22-14)18(19,20)21/h2-3,6-8H,4-5,9H2,1H3,(H,23,24,26). The molecule has 1 N–H and O–H groups in total. The molecule has 0 radical (unpaired) electrons. The average molecular weight is 376 g/mol. The van der Waals surface area contributed by atoms with Crippen molar-refractivity contribution in [2.75, 3.05) is 18.6 Å². The van der Waals surface area contributed by atoms with Crippen LogP contribution in [-0.2, 0) is 19.1 Å². The topological polar surface area (TPSA) is 71.4 Å². The first kappa shape index (κ1) is 17.3. The number of aromatic nitrogens is 3. The molecule has 3 aromatic rings. The maximum Gasteiger partial charge on any atom is 0.417 e. The van der Waals surface area contributed by atoms with E-state index in [1.807, 2.05) is 4.90 Å². The fourth-order valence-electron chi connectivity index (χ4n) is 3.21. The minimum absolute atomic E-state index is 0.203. The first-order chi connectivity index (χ1) is 12.8. The highest BCUT2D eigenvalue weighted by atomic mass is 19.4. The molecule has 0 fully saturated rings. The van der Waals surface area contributed by atoms with Crippen LogP contribution in [0.25, 0.3) is 10.9 Å². The number of hydrogen-bond acceptors (Lipinski definition) is 6. The second-order valence-corrected chi connectivity index (χ2v) is 6.23. The normalized spacial score (nSPS) is 14.3. The van der Waals surface area contributed by atoms with Crippen LogP contribution in [0.5, 0.6) is 11.8 Å². The third-order valence-electron chi connectivity index (χ3n) is 4.54. The van der Waals surface area contributed by atoms with Gasteiger partial charge in [-0.15, -0.1) is 0 Å². The molecule has 140 valence electrons. The molecule has 0 atom stereocenters. The Morgan fingerprint density at radius 2 is 2.00 bits per heavy atom. The zero-order valence-electron chi connectivity index (χ0n) is 14.3. The number of benzene rings is 1. The minimum Gasteiger partial charge on any atom is -0.497 e. The third-order valence-corrected chi connectivity index (χ3v) is 4.54. The number of hydrogen-bond donors (Lipinski definition) is 1. The molecule has 6 nitrogen and oxygen atoms in total. The number of fused-ring (bicyclic) bond motifs is 2. The average Bonchev–Trinajstić information content (AvgIpc) is 2.65. The third kappa shape index (κ3) is 3.20. The van der Waals surface area contributed by atoms with E-state index in [-0.39, 0.29) is 6.54 Å². The summed E-state index contributed by atoms with van der Waals surface area (Å²) in [5.74, 6) is 1.04. The van der Waals surface area contributed by atoms with Gasteiger partial charge >= 0.3 is 12.2 Å². The number of nitrogens with zero attached hydrogens (tertiary/aromatic N) is 4. The van der Waals surface area contributed by atoms with Crippen molar-refractivity contribution in [1.29, 1.82) is 0 Å². The van der Waals surface area contributed by atoms with Crippen LogP contribution in [0.3, 0.4) is 0 Å². The number of aromatic hydroxyl groups is 1. The van der Waals surface area contributed by atoms with Crippen LogP contribution < -0.4 is 9.64 Å². The lowest BCUT2D eigenvalue weighted by atomic mass is 10.0. The van der Waals surface area contributed by atoms with Crippen LogP contribution in [0, 0.1) is 0 Å². The molecule has 1 aliphatic heterocycles. The predicted octanol–water partition coefficient (Wildman–Crippen LogP) is 3.32. The highest BCUT2D eigenvalue weighted by molar-refractivity contribution is 5.91. The SMILES string of the molecule is COc1ccc2nc(O)nc(N3CCc4ncc(C(F)(F)F)cc4C3)c2c1. The molecule has 0 saturated heterocycles. The molecule has 1 aromatic carbocycles. The van der Waals surface area contributed by atoms with Crippen LogP contribution in [0.1, 0.15) is 16.8 Å². The highest BCUT2D eigenvalue weighted by Gasteiger charge is 2.32. The van der Waals surface area contributed by atoms with Crippen molar-refractivity contribution in [3.63, 3.8) is 0 Å². The summed E-state index contributed by atoms with van der Waals surface area (Å²) in [6.07, 6.45) is -3.10. The molecule has 27 heavy (non-hydrogen) atoms. The van der Waals surface area contributed by atoms with E-state index >= 15 is 0 Å². The highest BCUT2D eigenvalue weighted by Crippen LogP contribution is 2.34. The number of rotatable bonds is 2. The predicted molar refractivity (Wildman–Crippen MR) is 91.7 cm³/mol. The van der Waals surface area contributed by atoms with E-state index in [1.54, 1.807) is 18.2 Å². The lowest BCUT2D eigenvalue weighted by Crippen LogP contribution is -2.32. The Kier molecular flexibility index (Phi) is 4.01. The molecule has 4 rings (SSSR count). The molecule has 0 aliphatic carbocycles. The van der Waals surface area contributed by atoms with Gasteiger partial charge in [0.1, 0.15) is 11.6 Å². The number of methoxy groups -OCH3 is 1. The summed E-state index contributed by atoms with van der Waals surface area (Å²) in [5, 5.41) is 10.5. The van der Waals surface area contributed by atoms with E-state index in [0.29, 0.717) is 46.7 Å². The van der Waals surface area contributed by atoms with Gasteiger partial charge in [0.05, 0.1) is 18.2 Å². The van der Waals surface area contributed by atoms with Gasteiger partial charge in [0.25, 0.3) is 0 Å². The van der Waals surface area contributed by atoms with E-state index in [1.165, 1.54) is 7.11 Å². The largest absolute Gasteiger partial charge is 0.497 e. The van der Waals surface area contributed by atoms with Crippen LogP contribution in [0.2, 0.25) is 0 Å². The second-order valence-electron chi connectivity index (χ2n) is 6.23. The zero-order chi connectivity index (χ0) is 19.2. The molecule has 0 unspecified atom stereocenters. The smallest absolute Gasteiger partial charge is 0.417 e. The van der Waals surface area contributed by atoms with Crippen LogP contribution in [-0.4, -0.2) is 33.7 Å². The summed E-state index contributed by atoms with van der Waals surface area (Å²) >= 11 is 0. The molecule has 0 saturated carbocycles. The fourth-order valence-corrected chi connectivity index (χ4v) is 3.21. The maximum absolute atomic E-state index is 13.0. The summed E-state index contributed by atoms with van der Waals surface area (Å²) in [5.41, 5.74) is 0.871. The molecule has 0 spiro atoms. The summed E-state index contributed by atoms with van der Waals surface area (Å²) in [4.78, 5) is 13.9. The van der Waals surface area contributed by atoms with Crippen molar-refractivity contribution in [2.24, 2.45) is 0 Å². The lowest BCUT2D eigenvalue weighted by molar-refractivity contribution is -0.137. The van der Waals surface area contributed by atoms with E-state index in [4.69, 9.17) is 4.74 Å². The molecule has 3 heterocycles. The van der Waals surface area contributed by atoms with Crippen LogP contribution >= 0.6 is 0 Å². The van der Waals surface area contributed by atoms with Crippen molar-refractivity contribution in [3.05, 3.63) is 47.3 Å². The van der Waals surface area contributed by atoms with E-state index < -0.39 is 17.8 Å². The molecule has 1 aliphatic rings. The number of alkyl halides is 3. The Morgan fingerprint density at radius 3 is 2.74 bits per heavy atom. The Labute approximate surface area is 152 Å². The monoisotopic (exact) mass is 376 g/mol. The van der Waals surface area contributed by atoms with Crippen molar-refractivity contribution in [1.82, 2.24) is 15.0 Å². The van der Waals surface area contributed by atoms with Gasteiger partial charge in [-0.25, -0.2) is 0 Å². The van der Waals surface area contributed by atoms with E-state index in [2.05, 4.69) is 15.0 Å². The van der Waals surface area contributed by atoms with Gasteiger partial charge in [-0.2, -0.15) is 23.1 Å². The molecule has 0 bridgehead atoms. The van der Waals surface area contributed by atoms with Crippen molar-refractivity contribution in [2.45, 2.75) is 19.1 Å². The van der Waals surface area contributed by atoms with Crippen molar-refractivity contribution >= 4 is 16.7 Å². The maximum atomic E-state index is 13.0. The minimum atomic E-state index is -4.45. The Bertz CT molecular complexity index is 1020. The lowest BCUT2D eigenvalue weighted by Gasteiger charge is -2.30. The number of ether oxygens (including phenoxy) is 1. The summed E-state index contributed by atoms with van der Waals surface area (Å²) in [6, 6.07) is 5.88.